The molecule has 5 heteroatoms. The van der Waals surface area contributed by atoms with Gasteiger partial charge in [-0.15, -0.1) is 0 Å². The van der Waals surface area contributed by atoms with E-state index in [-0.39, 0.29) is 17.7 Å². The molecule has 0 bridgehead atoms. The van der Waals surface area contributed by atoms with Gasteiger partial charge in [-0.2, -0.15) is 0 Å². The number of nitrogens with zero attached hydrogens (tertiary/aromatic N) is 1. The third-order valence-electron chi connectivity index (χ3n) is 3.79. The van der Waals surface area contributed by atoms with Gasteiger partial charge in [0, 0.05) is 13.1 Å². The molecule has 0 fully saturated rings. The van der Waals surface area contributed by atoms with E-state index in [4.69, 9.17) is 9.47 Å². The summed E-state index contributed by atoms with van der Waals surface area (Å²) < 4.78 is 10.6. The predicted octanol–water partition coefficient (Wildman–Crippen LogP) is 4.94. The highest BCUT2D eigenvalue weighted by Crippen LogP contribution is 2.27. The molecule has 0 aliphatic heterocycles. The maximum atomic E-state index is 12.8. The monoisotopic (exact) mass is 385 g/mol. The standard InChI is InChI=1S/C23H31NO4/c1-7-9-14-28-22(25)19-11-10-12-20(21(19)23(26)27-13-8-2)24(15-17(3)4)16-18(5)6/h8,10-12H,2-3,5,7,9,13-16H2,1,4,6H3. The first-order valence-electron chi connectivity index (χ1n) is 9.43. The summed E-state index contributed by atoms with van der Waals surface area (Å²) in [6, 6.07) is 5.11. The van der Waals surface area contributed by atoms with Crippen molar-refractivity contribution in [1.29, 1.82) is 0 Å². The molecule has 1 aromatic rings. The van der Waals surface area contributed by atoms with Crippen molar-refractivity contribution in [3.8, 4) is 0 Å². The van der Waals surface area contributed by atoms with Crippen LogP contribution in [0.2, 0.25) is 0 Å². The SMILES string of the molecule is C=CCOC(=O)c1c(C(=O)OCCCC)cccc1N(CC(=C)C)CC(=C)C. The first kappa shape index (κ1) is 23.2. The molecular weight excluding hydrogens is 354 g/mol. The molecule has 0 atom stereocenters. The number of ether oxygens (including phenoxy) is 2. The zero-order valence-electron chi connectivity index (χ0n) is 17.3. The number of carbonyl (C=O) groups is 2. The zero-order chi connectivity index (χ0) is 21.1. The molecule has 5 nitrogen and oxygen atoms in total. The van der Waals surface area contributed by atoms with Crippen molar-refractivity contribution in [2.24, 2.45) is 0 Å². The highest BCUT2D eigenvalue weighted by Gasteiger charge is 2.26. The largest absolute Gasteiger partial charge is 0.462 e. The van der Waals surface area contributed by atoms with Crippen molar-refractivity contribution >= 4 is 17.6 Å². The van der Waals surface area contributed by atoms with Crippen molar-refractivity contribution in [3.63, 3.8) is 0 Å². The number of hydrogen-bond acceptors (Lipinski definition) is 5. The summed E-state index contributed by atoms with van der Waals surface area (Å²) in [6.07, 6.45) is 3.16. The van der Waals surface area contributed by atoms with Gasteiger partial charge < -0.3 is 14.4 Å². The molecule has 0 heterocycles. The third-order valence-corrected chi connectivity index (χ3v) is 3.79. The molecule has 0 saturated heterocycles. The molecule has 28 heavy (non-hydrogen) atoms. The smallest absolute Gasteiger partial charge is 0.341 e. The third kappa shape index (κ3) is 7.06. The summed E-state index contributed by atoms with van der Waals surface area (Å²) in [5.74, 6) is -1.13. The van der Waals surface area contributed by atoms with Gasteiger partial charge in [-0.3, -0.25) is 0 Å². The number of unbranched alkanes of at least 4 members (excludes halogenated alkanes) is 1. The molecule has 0 N–H and O–H groups in total. The van der Waals surface area contributed by atoms with Crippen molar-refractivity contribution < 1.29 is 19.1 Å². The molecule has 0 saturated carbocycles. The first-order chi connectivity index (χ1) is 13.3. The fourth-order valence-corrected chi connectivity index (χ4v) is 2.66. The molecule has 1 rings (SSSR count). The summed E-state index contributed by atoms with van der Waals surface area (Å²) >= 11 is 0. The molecule has 152 valence electrons. The maximum absolute atomic E-state index is 12.8. The van der Waals surface area contributed by atoms with Gasteiger partial charge in [-0.05, 0) is 32.4 Å². The molecule has 0 aliphatic carbocycles. The Morgan fingerprint density at radius 1 is 1.07 bits per heavy atom. The van der Waals surface area contributed by atoms with Crippen LogP contribution in [0.25, 0.3) is 0 Å². The van der Waals surface area contributed by atoms with Crippen LogP contribution in [-0.4, -0.2) is 38.2 Å². The summed E-state index contributed by atoms with van der Waals surface area (Å²) in [7, 11) is 0. The second-order valence-electron chi connectivity index (χ2n) is 6.85. The lowest BCUT2D eigenvalue weighted by Crippen LogP contribution is -2.30. The van der Waals surface area contributed by atoms with E-state index in [2.05, 4.69) is 19.7 Å². The number of hydrogen-bond donors (Lipinski definition) is 0. The molecule has 1 aromatic carbocycles. The highest BCUT2D eigenvalue weighted by atomic mass is 16.5. The van der Waals surface area contributed by atoms with E-state index >= 15 is 0 Å². The van der Waals surface area contributed by atoms with Crippen molar-refractivity contribution in [2.45, 2.75) is 33.6 Å². The lowest BCUT2D eigenvalue weighted by molar-refractivity contribution is 0.0472. The maximum Gasteiger partial charge on any atom is 0.341 e. The second-order valence-corrected chi connectivity index (χ2v) is 6.85. The summed E-state index contributed by atoms with van der Waals surface area (Å²) in [4.78, 5) is 27.4. The Morgan fingerprint density at radius 3 is 2.25 bits per heavy atom. The highest BCUT2D eigenvalue weighted by molar-refractivity contribution is 6.07. The van der Waals surface area contributed by atoms with Gasteiger partial charge in [0.15, 0.2) is 0 Å². The molecule has 0 radical (unpaired) electrons. The number of carbonyl (C=O) groups excluding carboxylic acids is 2. The topological polar surface area (TPSA) is 55.8 Å². The van der Waals surface area contributed by atoms with E-state index in [0.29, 0.717) is 25.4 Å². The molecule has 0 spiro atoms. The molecule has 0 amide bonds. The summed E-state index contributed by atoms with van der Waals surface area (Å²) in [5, 5.41) is 0. The quantitative estimate of drug-likeness (QED) is 0.290. The Labute approximate surface area is 168 Å². The Morgan fingerprint density at radius 2 is 1.71 bits per heavy atom. The van der Waals surface area contributed by atoms with Crippen molar-refractivity contribution in [2.75, 3.05) is 31.2 Å². The van der Waals surface area contributed by atoms with Gasteiger partial charge in [0.1, 0.15) is 6.61 Å². The van der Waals surface area contributed by atoms with E-state index in [9.17, 15) is 9.59 Å². The average molecular weight is 386 g/mol. The van der Waals surface area contributed by atoms with Gasteiger partial charge in [0.05, 0.1) is 23.4 Å². The fraction of sp³-hybridized carbons (Fsp3) is 0.391. The molecule has 0 unspecified atom stereocenters. The number of esters is 2. The van der Waals surface area contributed by atoms with Crippen LogP contribution < -0.4 is 4.90 Å². The van der Waals surface area contributed by atoms with Crippen LogP contribution in [0.4, 0.5) is 5.69 Å². The van der Waals surface area contributed by atoms with E-state index in [1.807, 2.05) is 25.7 Å². The Hall–Kier alpha value is -2.82. The minimum atomic E-state index is -0.591. The Bertz CT molecular complexity index is 720. The summed E-state index contributed by atoms with van der Waals surface area (Å²) in [5.41, 5.74) is 2.81. The van der Waals surface area contributed by atoms with Crippen LogP contribution in [0.5, 0.6) is 0 Å². The Balaban J connectivity index is 3.43. The fourth-order valence-electron chi connectivity index (χ4n) is 2.66. The zero-order valence-corrected chi connectivity index (χ0v) is 17.3. The van der Waals surface area contributed by atoms with Crippen LogP contribution in [-0.2, 0) is 9.47 Å². The molecular formula is C23H31NO4. The number of anilines is 1. The van der Waals surface area contributed by atoms with E-state index in [1.54, 1.807) is 18.2 Å². The molecule has 0 aromatic heterocycles. The first-order valence-corrected chi connectivity index (χ1v) is 9.43. The minimum Gasteiger partial charge on any atom is -0.462 e. The minimum absolute atomic E-state index is 0.0540. The second kappa shape index (κ2) is 11.8. The van der Waals surface area contributed by atoms with Crippen LogP contribution in [0.15, 0.2) is 55.2 Å². The van der Waals surface area contributed by atoms with E-state index in [1.165, 1.54) is 6.08 Å². The van der Waals surface area contributed by atoms with Crippen LogP contribution in [0.3, 0.4) is 0 Å². The average Bonchev–Trinajstić information content (AvgIpc) is 2.64. The van der Waals surface area contributed by atoms with Crippen LogP contribution in [0.1, 0.15) is 54.3 Å². The lowest BCUT2D eigenvalue weighted by atomic mass is 10.0. The van der Waals surface area contributed by atoms with Gasteiger partial charge >= 0.3 is 11.9 Å². The van der Waals surface area contributed by atoms with E-state index < -0.39 is 11.9 Å². The molecule has 0 aliphatic rings. The van der Waals surface area contributed by atoms with Crippen molar-refractivity contribution in [1.82, 2.24) is 0 Å². The van der Waals surface area contributed by atoms with Gasteiger partial charge in [0.25, 0.3) is 0 Å². The van der Waals surface area contributed by atoms with Gasteiger partial charge in [0.2, 0.25) is 0 Å². The summed E-state index contributed by atoms with van der Waals surface area (Å²) in [6.45, 7) is 18.7. The lowest BCUT2D eigenvalue weighted by Gasteiger charge is -2.28. The van der Waals surface area contributed by atoms with Crippen LogP contribution in [0, 0.1) is 0 Å². The van der Waals surface area contributed by atoms with Gasteiger partial charge in [-0.1, -0.05) is 56.4 Å². The van der Waals surface area contributed by atoms with Gasteiger partial charge in [-0.25, -0.2) is 9.59 Å². The Kier molecular flexibility index (Phi) is 9.79. The number of benzene rings is 1. The number of rotatable bonds is 12. The van der Waals surface area contributed by atoms with E-state index in [0.717, 1.165) is 24.0 Å². The predicted molar refractivity (Wildman–Crippen MR) is 114 cm³/mol. The van der Waals surface area contributed by atoms with Crippen LogP contribution >= 0.6 is 0 Å². The normalized spacial score (nSPS) is 10.1. The van der Waals surface area contributed by atoms with Crippen molar-refractivity contribution in [3.05, 3.63) is 66.3 Å².